The summed E-state index contributed by atoms with van der Waals surface area (Å²) in [5.74, 6) is 0.474. The van der Waals surface area contributed by atoms with Crippen molar-refractivity contribution < 1.29 is 8.42 Å². The van der Waals surface area contributed by atoms with Crippen LogP contribution in [0.3, 0.4) is 0 Å². The monoisotopic (exact) mass is 238 g/mol. The van der Waals surface area contributed by atoms with Crippen molar-refractivity contribution in [1.82, 2.24) is 0 Å². The predicted octanol–water partition coefficient (Wildman–Crippen LogP) is 2.85. The molecular weight excluding hydrogens is 220 g/mol. The molecule has 0 aromatic heterocycles. The Morgan fingerprint density at radius 3 is 2.62 bits per heavy atom. The van der Waals surface area contributed by atoms with Crippen LogP contribution >= 0.6 is 0 Å². The number of fused-ring (bicyclic) bond motifs is 1. The molecule has 0 saturated carbocycles. The highest BCUT2D eigenvalue weighted by Crippen LogP contribution is 2.26. The highest BCUT2D eigenvalue weighted by Gasteiger charge is 2.24. The van der Waals surface area contributed by atoms with Crippen molar-refractivity contribution >= 4 is 9.84 Å². The first kappa shape index (κ1) is 11.6. The molecule has 0 saturated heterocycles. The minimum Gasteiger partial charge on any atom is -0.228 e. The number of aryl methyl sites for hydroxylation is 1. The smallest absolute Gasteiger partial charge is 0.158 e. The average Bonchev–Trinajstić information content (AvgIpc) is 2.51. The maximum Gasteiger partial charge on any atom is 0.158 e. The highest BCUT2D eigenvalue weighted by atomic mass is 32.2. The van der Waals surface area contributed by atoms with Crippen LogP contribution in [0.1, 0.15) is 42.9 Å². The van der Waals surface area contributed by atoms with Crippen molar-refractivity contribution in [1.29, 1.82) is 0 Å². The second-order valence-electron chi connectivity index (χ2n) is 4.59. The fourth-order valence-corrected chi connectivity index (χ4v) is 3.81. The van der Waals surface area contributed by atoms with Crippen LogP contribution < -0.4 is 0 Å². The van der Waals surface area contributed by atoms with Gasteiger partial charge < -0.3 is 0 Å². The molecule has 0 spiro atoms. The zero-order valence-electron chi connectivity index (χ0n) is 9.70. The van der Waals surface area contributed by atoms with Crippen molar-refractivity contribution in [3.63, 3.8) is 0 Å². The lowest BCUT2D eigenvalue weighted by Gasteiger charge is -2.03. The van der Waals surface area contributed by atoms with Gasteiger partial charge in [-0.2, -0.15) is 0 Å². The molecule has 2 rings (SSSR count). The molecule has 0 bridgehead atoms. The molecule has 0 atom stereocenters. The van der Waals surface area contributed by atoms with E-state index >= 15 is 0 Å². The zero-order chi connectivity index (χ0) is 11.6. The zero-order valence-corrected chi connectivity index (χ0v) is 10.5. The molecule has 88 valence electrons. The fourth-order valence-electron chi connectivity index (χ4n) is 2.21. The summed E-state index contributed by atoms with van der Waals surface area (Å²) >= 11 is 0. The van der Waals surface area contributed by atoms with Crippen LogP contribution in [0.5, 0.6) is 0 Å². The largest absolute Gasteiger partial charge is 0.228 e. The van der Waals surface area contributed by atoms with Gasteiger partial charge in [0.25, 0.3) is 0 Å². The molecule has 0 amide bonds. The minimum atomic E-state index is -2.85. The van der Waals surface area contributed by atoms with Gasteiger partial charge in [0.2, 0.25) is 0 Å². The molecule has 1 aliphatic heterocycles. The van der Waals surface area contributed by atoms with Crippen LogP contribution in [0, 0.1) is 0 Å². The summed E-state index contributed by atoms with van der Waals surface area (Å²) in [5, 5.41) is 0. The van der Waals surface area contributed by atoms with Crippen LogP contribution in [0.2, 0.25) is 0 Å². The van der Waals surface area contributed by atoms with E-state index in [1.807, 2.05) is 6.07 Å². The summed E-state index contributed by atoms with van der Waals surface area (Å²) in [6.45, 7) is 2.19. The molecule has 1 aliphatic rings. The number of hydrogen-bond acceptors (Lipinski definition) is 2. The van der Waals surface area contributed by atoms with Crippen molar-refractivity contribution in [2.75, 3.05) is 0 Å². The fraction of sp³-hybridized carbons (Fsp3) is 0.538. The van der Waals surface area contributed by atoms with Crippen LogP contribution in [0.4, 0.5) is 0 Å². The number of benzene rings is 1. The van der Waals surface area contributed by atoms with Gasteiger partial charge in [-0.05, 0) is 29.5 Å². The molecule has 1 aromatic rings. The van der Waals surface area contributed by atoms with E-state index in [-0.39, 0.29) is 11.5 Å². The molecule has 0 fully saturated rings. The SMILES string of the molecule is CCCCCc1ccc2c(c1)CS(=O)(=O)C2. The number of hydrogen-bond donors (Lipinski definition) is 0. The second kappa shape index (κ2) is 4.58. The molecule has 0 aliphatic carbocycles. The Morgan fingerprint density at radius 1 is 1.12 bits per heavy atom. The van der Waals surface area contributed by atoms with Gasteiger partial charge in [-0.25, -0.2) is 8.42 Å². The Kier molecular flexibility index (Phi) is 3.33. The van der Waals surface area contributed by atoms with Gasteiger partial charge in [-0.15, -0.1) is 0 Å². The van der Waals surface area contributed by atoms with Gasteiger partial charge >= 0.3 is 0 Å². The summed E-state index contributed by atoms with van der Waals surface area (Å²) < 4.78 is 22.9. The van der Waals surface area contributed by atoms with Crippen LogP contribution in [-0.2, 0) is 27.8 Å². The lowest BCUT2D eigenvalue weighted by atomic mass is 10.0. The molecule has 16 heavy (non-hydrogen) atoms. The van der Waals surface area contributed by atoms with Gasteiger partial charge in [0.15, 0.2) is 9.84 Å². The van der Waals surface area contributed by atoms with Gasteiger partial charge in [0.1, 0.15) is 0 Å². The minimum absolute atomic E-state index is 0.234. The molecule has 0 unspecified atom stereocenters. The number of rotatable bonds is 4. The average molecular weight is 238 g/mol. The Bertz CT molecular complexity index is 475. The number of unbranched alkanes of at least 4 members (excludes halogenated alkanes) is 2. The molecule has 0 N–H and O–H groups in total. The van der Waals surface area contributed by atoms with Crippen molar-refractivity contribution in [2.45, 2.75) is 44.1 Å². The number of sulfone groups is 1. The lowest BCUT2D eigenvalue weighted by Crippen LogP contribution is -1.95. The van der Waals surface area contributed by atoms with Gasteiger partial charge in [-0.3, -0.25) is 0 Å². The summed E-state index contributed by atoms with van der Waals surface area (Å²) in [5.41, 5.74) is 3.30. The van der Waals surface area contributed by atoms with E-state index in [2.05, 4.69) is 19.1 Å². The topological polar surface area (TPSA) is 34.1 Å². The van der Waals surface area contributed by atoms with E-state index < -0.39 is 9.84 Å². The van der Waals surface area contributed by atoms with E-state index in [4.69, 9.17) is 0 Å². The summed E-state index contributed by atoms with van der Waals surface area (Å²) in [6.07, 6.45) is 4.73. The van der Waals surface area contributed by atoms with Crippen LogP contribution in [0.25, 0.3) is 0 Å². The Balaban J connectivity index is 2.10. The molecule has 3 heteroatoms. The Morgan fingerprint density at radius 2 is 1.88 bits per heavy atom. The molecule has 0 radical (unpaired) electrons. The highest BCUT2D eigenvalue weighted by molar-refractivity contribution is 7.90. The van der Waals surface area contributed by atoms with Gasteiger partial charge in [0.05, 0.1) is 11.5 Å². The van der Waals surface area contributed by atoms with E-state index in [0.29, 0.717) is 0 Å². The van der Waals surface area contributed by atoms with Crippen molar-refractivity contribution in [2.24, 2.45) is 0 Å². The lowest BCUT2D eigenvalue weighted by molar-refractivity contribution is 0.598. The molecule has 2 nitrogen and oxygen atoms in total. The van der Waals surface area contributed by atoms with Crippen molar-refractivity contribution in [3.8, 4) is 0 Å². The van der Waals surface area contributed by atoms with E-state index in [0.717, 1.165) is 17.5 Å². The van der Waals surface area contributed by atoms with E-state index in [9.17, 15) is 8.42 Å². The van der Waals surface area contributed by atoms with E-state index in [1.54, 1.807) is 0 Å². The van der Waals surface area contributed by atoms with Gasteiger partial charge in [-0.1, -0.05) is 38.0 Å². The standard InChI is InChI=1S/C13H18O2S/c1-2-3-4-5-11-6-7-12-9-16(14,15)10-13(12)8-11/h6-8H,2-5,9-10H2,1H3. The maximum absolute atomic E-state index is 11.5. The first-order valence-electron chi connectivity index (χ1n) is 5.92. The molecular formula is C13H18O2S. The summed E-state index contributed by atoms with van der Waals surface area (Å²) in [4.78, 5) is 0. The predicted molar refractivity (Wildman–Crippen MR) is 66.0 cm³/mol. The third kappa shape index (κ3) is 2.64. The molecule has 1 aromatic carbocycles. The normalized spacial score (nSPS) is 17.3. The van der Waals surface area contributed by atoms with Gasteiger partial charge in [0, 0.05) is 0 Å². The summed E-state index contributed by atoms with van der Waals surface area (Å²) in [7, 11) is -2.85. The van der Waals surface area contributed by atoms with Crippen LogP contribution in [0.15, 0.2) is 18.2 Å². The Labute approximate surface area is 97.6 Å². The molecule has 1 heterocycles. The van der Waals surface area contributed by atoms with Crippen LogP contribution in [-0.4, -0.2) is 8.42 Å². The quantitative estimate of drug-likeness (QED) is 0.756. The Hall–Kier alpha value is -0.830. The third-order valence-electron chi connectivity index (χ3n) is 3.09. The van der Waals surface area contributed by atoms with Crippen molar-refractivity contribution in [3.05, 3.63) is 34.9 Å². The second-order valence-corrected chi connectivity index (χ2v) is 6.66. The maximum atomic E-state index is 11.5. The first-order chi connectivity index (χ1) is 7.61. The summed E-state index contributed by atoms with van der Waals surface area (Å²) in [6, 6.07) is 6.14. The first-order valence-corrected chi connectivity index (χ1v) is 7.74. The van der Waals surface area contributed by atoms with E-state index in [1.165, 1.54) is 24.8 Å². The third-order valence-corrected chi connectivity index (χ3v) is 4.59.